The second-order valence-electron chi connectivity index (χ2n) is 15.7. The predicted octanol–water partition coefficient (Wildman–Crippen LogP) is 15.9. The van der Waals surface area contributed by atoms with E-state index in [1.807, 2.05) is 11.3 Å². The predicted molar refractivity (Wildman–Crippen MR) is 254 cm³/mol. The Hall–Kier alpha value is -7.46. The average molecular weight is 767 g/mol. The van der Waals surface area contributed by atoms with Gasteiger partial charge in [0.1, 0.15) is 0 Å². The Balaban J connectivity index is 0.996. The molecule has 0 aliphatic heterocycles. The summed E-state index contributed by atoms with van der Waals surface area (Å²) in [4.78, 5) is 0. The molecule has 0 fully saturated rings. The maximum atomic E-state index is 2.48. The van der Waals surface area contributed by atoms with Crippen molar-refractivity contribution in [2.24, 2.45) is 0 Å². The zero-order chi connectivity index (χ0) is 38.6. The van der Waals surface area contributed by atoms with E-state index in [4.69, 9.17) is 0 Å². The highest BCUT2D eigenvalue weighted by Gasteiger charge is 2.19. The first-order chi connectivity index (χ1) is 29.2. The average Bonchev–Trinajstić information content (AvgIpc) is 3.96. The van der Waals surface area contributed by atoms with Gasteiger partial charge in [0.2, 0.25) is 0 Å². The molecule has 2 nitrogen and oxygen atoms in total. The van der Waals surface area contributed by atoms with E-state index in [0.717, 1.165) is 5.69 Å². The van der Waals surface area contributed by atoms with Gasteiger partial charge in [-0.2, -0.15) is 0 Å². The number of thiophene rings is 1. The molecule has 59 heavy (non-hydrogen) atoms. The largest absolute Gasteiger partial charge is 0.309 e. The van der Waals surface area contributed by atoms with Gasteiger partial charge in [0.15, 0.2) is 0 Å². The van der Waals surface area contributed by atoms with Crippen LogP contribution in [0.2, 0.25) is 0 Å². The maximum Gasteiger partial charge on any atom is 0.0619 e. The van der Waals surface area contributed by atoms with Crippen LogP contribution in [0, 0.1) is 0 Å². The molecule has 0 unspecified atom stereocenters. The third-order valence-electron chi connectivity index (χ3n) is 12.5. The fourth-order valence-corrected chi connectivity index (χ4v) is 10.9. The van der Waals surface area contributed by atoms with Crippen molar-refractivity contribution in [2.75, 3.05) is 0 Å². The number of nitrogens with zero attached hydrogens (tertiary/aromatic N) is 2. The molecule has 0 saturated carbocycles. The van der Waals surface area contributed by atoms with Gasteiger partial charge in [-0.05, 0) is 99.1 Å². The molecular weight excluding hydrogens is 733 g/mol. The van der Waals surface area contributed by atoms with Gasteiger partial charge in [-0.25, -0.2) is 0 Å². The van der Waals surface area contributed by atoms with E-state index in [9.17, 15) is 0 Å². The lowest BCUT2D eigenvalue weighted by atomic mass is 9.98. The Kier molecular flexibility index (Phi) is 6.92. The zero-order valence-electron chi connectivity index (χ0n) is 31.9. The molecule has 0 bridgehead atoms. The molecule has 3 aromatic heterocycles. The molecule has 10 aromatic carbocycles. The van der Waals surface area contributed by atoms with E-state index in [-0.39, 0.29) is 0 Å². The zero-order valence-corrected chi connectivity index (χ0v) is 32.7. The van der Waals surface area contributed by atoms with Crippen LogP contribution in [0.3, 0.4) is 0 Å². The van der Waals surface area contributed by atoms with Crippen LogP contribution in [0.1, 0.15) is 0 Å². The highest BCUT2D eigenvalue weighted by molar-refractivity contribution is 7.25. The Morgan fingerprint density at radius 1 is 0.288 bits per heavy atom. The van der Waals surface area contributed by atoms with Gasteiger partial charge in [-0.3, -0.25) is 0 Å². The van der Waals surface area contributed by atoms with Crippen molar-refractivity contribution in [1.29, 1.82) is 0 Å². The second kappa shape index (κ2) is 12.5. The van der Waals surface area contributed by atoms with E-state index < -0.39 is 0 Å². The van der Waals surface area contributed by atoms with Gasteiger partial charge < -0.3 is 9.13 Å². The lowest BCUT2D eigenvalue weighted by Crippen LogP contribution is -1.95. The van der Waals surface area contributed by atoms with Crippen molar-refractivity contribution in [3.05, 3.63) is 206 Å². The van der Waals surface area contributed by atoms with Crippen LogP contribution in [-0.2, 0) is 0 Å². The molecule has 0 spiro atoms. The van der Waals surface area contributed by atoms with E-state index in [1.165, 1.54) is 113 Å². The summed E-state index contributed by atoms with van der Waals surface area (Å²) in [5, 5.41) is 12.7. The quantitative estimate of drug-likeness (QED) is 0.169. The molecule has 0 amide bonds. The lowest BCUT2D eigenvalue weighted by molar-refractivity contribution is 1.19. The van der Waals surface area contributed by atoms with Crippen LogP contribution in [0.25, 0.3) is 119 Å². The molecule has 0 saturated heterocycles. The van der Waals surface area contributed by atoms with Gasteiger partial charge >= 0.3 is 0 Å². The normalized spacial score (nSPS) is 12.1. The van der Waals surface area contributed by atoms with Crippen molar-refractivity contribution in [1.82, 2.24) is 9.13 Å². The number of hydrogen-bond donors (Lipinski definition) is 0. The fourth-order valence-electron chi connectivity index (χ4n) is 9.80. The first-order valence-electron chi connectivity index (χ1n) is 20.2. The number of para-hydroxylation sites is 1. The van der Waals surface area contributed by atoms with Crippen molar-refractivity contribution in [3.8, 4) is 33.6 Å². The molecule has 0 aliphatic carbocycles. The molecule has 0 N–H and O–H groups in total. The summed E-state index contributed by atoms with van der Waals surface area (Å²) < 4.78 is 7.56. The molecule has 0 aliphatic rings. The minimum absolute atomic E-state index is 1.16. The van der Waals surface area contributed by atoms with Crippen molar-refractivity contribution >= 4 is 96.7 Å². The van der Waals surface area contributed by atoms with Crippen LogP contribution in [-0.4, -0.2) is 9.13 Å². The van der Waals surface area contributed by atoms with E-state index in [1.54, 1.807) is 0 Å². The van der Waals surface area contributed by atoms with Crippen LogP contribution in [0.15, 0.2) is 206 Å². The van der Waals surface area contributed by atoms with Crippen molar-refractivity contribution in [2.45, 2.75) is 0 Å². The maximum absolute atomic E-state index is 2.48. The Labute approximate surface area is 344 Å². The monoisotopic (exact) mass is 766 g/mol. The summed E-state index contributed by atoms with van der Waals surface area (Å²) in [5.74, 6) is 0. The van der Waals surface area contributed by atoms with E-state index in [2.05, 4.69) is 215 Å². The third kappa shape index (κ3) is 4.86. The molecule has 13 aromatic rings. The number of rotatable bonds is 4. The summed E-state index contributed by atoms with van der Waals surface area (Å²) in [5.41, 5.74) is 12.1. The van der Waals surface area contributed by atoms with Crippen molar-refractivity contribution < 1.29 is 0 Å². The topological polar surface area (TPSA) is 9.86 Å². The number of hydrogen-bond acceptors (Lipinski definition) is 1. The van der Waals surface area contributed by atoms with Crippen molar-refractivity contribution in [3.63, 3.8) is 0 Å². The van der Waals surface area contributed by atoms with Crippen LogP contribution in [0.4, 0.5) is 0 Å². The summed E-state index contributed by atoms with van der Waals surface area (Å²) in [6, 6.07) is 76.3. The lowest BCUT2D eigenvalue weighted by Gasteiger charge is -2.13. The minimum atomic E-state index is 1.16. The minimum Gasteiger partial charge on any atom is -0.309 e. The number of aromatic nitrogens is 2. The molecule has 0 atom stereocenters. The SMILES string of the molecule is c1cc(-c2cccc3ccccc23)cc(-n2c3ccc(-c4ccc5c(c4)c4ccccc4n5-c4ccc5c(c4)sc4ccccc45)cc3c3ccc4ccccc4c32)c1. The Morgan fingerprint density at radius 2 is 0.881 bits per heavy atom. The third-order valence-corrected chi connectivity index (χ3v) is 13.6. The molecule has 0 radical (unpaired) electrons. The van der Waals surface area contributed by atoms with E-state index in [0.29, 0.717) is 0 Å². The number of fused-ring (bicyclic) bond motifs is 12. The standard InChI is InChI=1S/C56H34N2S/c1-3-16-42-35(11-1)13-10-20-43(42)39-14-9-15-40(31-39)58-53-30-25-38(33-50(53)48-27-23-36-12-2-4-17-44(36)56(48)58)37-24-29-52-49(32-37)45-18-5-7-21-51(45)57(52)41-26-28-47-46-19-6-8-22-54(46)59-55(47)34-41/h1-34H. The molecule has 3 heteroatoms. The first-order valence-corrected chi connectivity index (χ1v) is 21.1. The van der Waals surface area contributed by atoms with Crippen LogP contribution in [0.5, 0.6) is 0 Å². The molecule has 13 rings (SSSR count). The van der Waals surface area contributed by atoms with Crippen LogP contribution >= 0.6 is 11.3 Å². The Bertz CT molecular complexity index is 3850. The molecule has 3 heterocycles. The van der Waals surface area contributed by atoms with Gasteiger partial charge in [-0.1, -0.05) is 146 Å². The first kappa shape index (κ1) is 32.6. The van der Waals surface area contributed by atoms with Gasteiger partial charge in [0.05, 0.1) is 22.1 Å². The van der Waals surface area contributed by atoms with Gasteiger partial charge in [-0.15, -0.1) is 11.3 Å². The fraction of sp³-hybridized carbons (Fsp3) is 0. The molecule has 274 valence electrons. The van der Waals surface area contributed by atoms with Gasteiger partial charge in [0.25, 0.3) is 0 Å². The van der Waals surface area contributed by atoms with Crippen LogP contribution < -0.4 is 0 Å². The second-order valence-corrected chi connectivity index (χ2v) is 16.8. The summed E-state index contributed by atoms with van der Waals surface area (Å²) in [6.45, 7) is 0. The summed E-state index contributed by atoms with van der Waals surface area (Å²) in [7, 11) is 0. The Morgan fingerprint density at radius 3 is 1.73 bits per heavy atom. The smallest absolute Gasteiger partial charge is 0.0619 e. The summed E-state index contributed by atoms with van der Waals surface area (Å²) >= 11 is 1.87. The summed E-state index contributed by atoms with van der Waals surface area (Å²) in [6.07, 6.45) is 0. The molecular formula is C56H34N2S. The van der Waals surface area contributed by atoms with E-state index >= 15 is 0 Å². The highest BCUT2D eigenvalue weighted by Crippen LogP contribution is 2.42. The number of benzene rings is 10. The van der Waals surface area contributed by atoms with Gasteiger partial charge in [0, 0.05) is 58.5 Å². The highest BCUT2D eigenvalue weighted by atomic mass is 32.1.